The maximum atomic E-state index is 9.84. The molecular formula is C10H17NO. The van der Waals surface area contributed by atoms with Crippen molar-refractivity contribution in [3.05, 3.63) is 0 Å². The van der Waals surface area contributed by atoms with Gasteiger partial charge in [-0.15, -0.1) is 12.3 Å². The number of hydrogen-bond acceptors (Lipinski definition) is 2. The molecular weight excluding hydrogens is 150 g/mol. The fraction of sp³-hybridized carbons (Fsp3) is 0.800. The average molecular weight is 167 g/mol. The van der Waals surface area contributed by atoms with Gasteiger partial charge in [-0.05, 0) is 33.6 Å². The largest absolute Gasteiger partial charge is 0.313 e. The van der Waals surface area contributed by atoms with E-state index in [1.807, 2.05) is 20.8 Å². The molecule has 68 valence electrons. The predicted octanol–water partition coefficient (Wildman–Crippen LogP) is 2.03. The summed E-state index contributed by atoms with van der Waals surface area (Å²) in [5.41, 5.74) is -0.330. The molecule has 1 saturated heterocycles. The molecule has 0 aromatic heterocycles. The van der Waals surface area contributed by atoms with Gasteiger partial charge in [0.15, 0.2) is 0 Å². The second-order valence-electron chi connectivity index (χ2n) is 4.50. The SMILES string of the molecule is C#CCC1(C)CCC(C)(C)N1O. The van der Waals surface area contributed by atoms with E-state index in [1.165, 1.54) is 5.06 Å². The smallest absolute Gasteiger partial charge is 0.0547 e. The molecule has 1 atom stereocenters. The summed E-state index contributed by atoms with van der Waals surface area (Å²) in [5, 5.41) is 11.3. The molecule has 0 spiro atoms. The maximum absolute atomic E-state index is 9.84. The minimum absolute atomic E-state index is 0.119. The van der Waals surface area contributed by atoms with Crippen molar-refractivity contribution in [2.45, 2.75) is 51.1 Å². The summed E-state index contributed by atoms with van der Waals surface area (Å²) < 4.78 is 0. The molecule has 12 heavy (non-hydrogen) atoms. The predicted molar refractivity (Wildman–Crippen MR) is 48.8 cm³/mol. The van der Waals surface area contributed by atoms with Gasteiger partial charge in [0.1, 0.15) is 0 Å². The van der Waals surface area contributed by atoms with Gasteiger partial charge in [0.05, 0.1) is 5.54 Å². The van der Waals surface area contributed by atoms with Crippen LogP contribution in [-0.2, 0) is 0 Å². The molecule has 1 aliphatic rings. The number of nitrogens with zero attached hydrogens (tertiary/aromatic N) is 1. The summed E-state index contributed by atoms with van der Waals surface area (Å²) in [5.74, 6) is 2.62. The van der Waals surface area contributed by atoms with Crippen molar-refractivity contribution in [1.29, 1.82) is 0 Å². The van der Waals surface area contributed by atoms with E-state index in [4.69, 9.17) is 6.42 Å². The van der Waals surface area contributed by atoms with Gasteiger partial charge in [-0.3, -0.25) is 0 Å². The van der Waals surface area contributed by atoms with E-state index in [-0.39, 0.29) is 11.1 Å². The zero-order valence-corrected chi connectivity index (χ0v) is 8.09. The highest BCUT2D eigenvalue weighted by atomic mass is 16.5. The first-order valence-corrected chi connectivity index (χ1v) is 4.35. The van der Waals surface area contributed by atoms with Crippen molar-refractivity contribution in [3.8, 4) is 12.3 Å². The zero-order chi connectivity index (χ0) is 9.41. The van der Waals surface area contributed by atoms with Gasteiger partial charge in [-0.2, -0.15) is 5.06 Å². The van der Waals surface area contributed by atoms with Crippen molar-refractivity contribution in [3.63, 3.8) is 0 Å². The lowest BCUT2D eigenvalue weighted by atomic mass is 9.96. The first-order chi connectivity index (χ1) is 5.42. The Morgan fingerprint density at radius 1 is 1.42 bits per heavy atom. The van der Waals surface area contributed by atoms with Crippen LogP contribution in [0.25, 0.3) is 0 Å². The minimum atomic E-state index is -0.210. The molecule has 0 aliphatic carbocycles. The molecule has 1 heterocycles. The highest BCUT2D eigenvalue weighted by Gasteiger charge is 2.46. The molecule has 1 rings (SSSR count). The minimum Gasteiger partial charge on any atom is -0.313 e. The Balaban J connectivity index is 2.79. The Morgan fingerprint density at radius 3 is 2.33 bits per heavy atom. The molecule has 0 amide bonds. The van der Waals surface area contributed by atoms with Crippen LogP contribution in [0.15, 0.2) is 0 Å². The van der Waals surface area contributed by atoms with Crippen molar-refractivity contribution in [2.24, 2.45) is 0 Å². The molecule has 2 heteroatoms. The van der Waals surface area contributed by atoms with Crippen LogP contribution in [0.1, 0.15) is 40.0 Å². The summed E-state index contributed by atoms with van der Waals surface area (Å²) in [7, 11) is 0. The third kappa shape index (κ3) is 1.35. The summed E-state index contributed by atoms with van der Waals surface area (Å²) in [4.78, 5) is 0. The molecule has 0 saturated carbocycles. The van der Waals surface area contributed by atoms with Crippen LogP contribution in [0.2, 0.25) is 0 Å². The van der Waals surface area contributed by atoms with Gasteiger partial charge in [0.2, 0.25) is 0 Å². The molecule has 0 bridgehead atoms. The Bertz CT molecular complexity index is 216. The van der Waals surface area contributed by atoms with Crippen LogP contribution < -0.4 is 0 Å². The lowest BCUT2D eigenvalue weighted by molar-refractivity contribution is -0.195. The van der Waals surface area contributed by atoms with Crippen molar-refractivity contribution in [2.75, 3.05) is 0 Å². The standard InChI is InChI=1S/C10H17NO/c1-5-6-10(4)8-7-9(2,3)11(10)12/h1,12H,6-8H2,2-4H3. The maximum Gasteiger partial charge on any atom is 0.0547 e. The van der Waals surface area contributed by atoms with Crippen LogP contribution in [-0.4, -0.2) is 21.3 Å². The lowest BCUT2D eigenvalue weighted by Gasteiger charge is -2.35. The number of terminal acetylenes is 1. The Hall–Kier alpha value is -0.520. The normalized spacial score (nSPS) is 34.9. The summed E-state index contributed by atoms with van der Waals surface area (Å²) >= 11 is 0. The van der Waals surface area contributed by atoms with Gasteiger partial charge in [-0.25, -0.2) is 0 Å². The fourth-order valence-electron chi connectivity index (χ4n) is 1.90. The molecule has 1 N–H and O–H groups in total. The van der Waals surface area contributed by atoms with E-state index in [0.717, 1.165) is 12.8 Å². The van der Waals surface area contributed by atoms with Crippen LogP contribution in [0, 0.1) is 12.3 Å². The van der Waals surface area contributed by atoms with E-state index in [9.17, 15) is 5.21 Å². The number of hydroxylamine groups is 2. The van der Waals surface area contributed by atoms with Crippen LogP contribution in [0.5, 0.6) is 0 Å². The highest BCUT2D eigenvalue weighted by molar-refractivity contribution is 5.05. The zero-order valence-electron chi connectivity index (χ0n) is 8.09. The van der Waals surface area contributed by atoms with E-state index in [2.05, 4.69) is 5.92 Å². The van der Waals surface area contributed by atoms with E-state index in [1.54, 1.807) is 0 Å². The molecule has 2 nitrogen and oxygen atoms in total. The third-order valence-corrected chi connectivity index (χ3v) is 2.84. The van der Waals surface area contributed by atoms with Gasteiger partial charge < -0.3 is 5.21 Å². The second kappa shape index (κ2) is 2.76. The van der Waals surface area contributed by atoms with E-state index < -0.39 is 0 Å². The van der Waals surface area contributed by atoms with Crippen molar-refractivity contribution < 1.29 is 5.21 Å². The molecule has 1 aliphatic heterocycles. The van der Waals surface area contributed by atoms with Crippen LogP contribution in [0.4, 0.5) is 0 Å². The molecule has 0 radical (unpaired) electrons. The first-order valence-electron chi connectivity index (χ1n) is 4.35. The van der Waals surface area contributed by atoms with Crippen molar-refractivity contribution in [1.82, 2.24) is 5.06 Å². The van der Waals surface area contributed by atoms with Gasteiger partial charge in [-0.1, -0.05) is 0 Å². The topological polar surface area (TPSA) is 23.5 Å². The number of rotatable bonds is 1. The van der Waals surface area contributed by atoms with Crippen LogP contribution in [0.3, 0.4) is 0 Å². The van der Waals surface area contributed by atoms with Gasteiger partial charge >= 0.3 is 0 Å². The van der Waals surface area contributed by atoms with Gasteiger partial charge in [0.25, 0.3) is 0 Å². The fourth-order valence-corrected chi connectivity index (χ4v) is 1.90. The first kappa shape index (κ1) is 9.57. The average Bonchev–Trinajstić information content (AvgIpc) is 2.17. The van der Waals surface area contributed by atoms with Crippen molar-refractivity contribution >= 4 is 0 Å². The lowest BCUT2D eigenvalue weighted by Crippen LogP contribution is -2.47. The highest BCUT2D eigenvalue weighted by Crippen LogP contribution is 2.40. The van der Waals surface area contributed by atoms with E-state index >= 15 is 0 Å². The van der Waals surface area contributed by atoms with Crippen LogP contribution >= 0.6 is 0 Å². The summed E-state index contributed by atoms with van der Waals surface area (Å²) in [6, 6.07) is 0. The Morgan fingerprint density at radius 2 is 2.00 bits per heavy atom. The summed E-state index contributed by atoms with van der Waals surface area (Å²) in [6.45, 7) is 6.09. The number of hydrogen-bond donors (Lipinski definition) is 1. The third-order valence-electron chi connectivity index (χ3n) is 2.84. The Kier molecular flexibility index (Phi) is 2.20. The molecule has 1 fully saturated rings. The molecule has 0 aromatic rings. The molecule has 1 unspecified atom stereocenters. The Labute approximate surface area is 74.5 Å². The second-order valence-corrected chi connectivity index (χ2v) is 4.50. The molecule has 0 aromatic carbocycles. The monoisotopic (exact) mass is 167 g/mol. The quantitative estimate of drug-likeness (QED) is 0.604. The van der Waals surface area contributed by atoms with E-state index in [0.29, 0.717) is 6.42 Å². The van der Waals surface area contributed by atoms with Gasteiger partial charge in [0, 0.05) is 12.0 Å². The summed E-state index contributed by atoms with van der Waals surface area (Å²) in [6.07, 6.45) is 7.85.